The summed E-state index contributed by atoms with van der Waals surface area (Å²) in [6, 6.07) is 3.25. The summed E-state index contributed by atoms with van der Waals surface area (Å²) in [5.74, 6) is -0.0320. The van der Waals surface area contributed by atoms with Crippen LogP contribution in [0.5, 0.6) is 0 Å². The summed E-state index contributed by atoms with van der Waals surface area (Å²) in [5.41, 5.74) is 1.13. The van der Waals surface area contributed by atoms with Gasteiger partial charge in [0.15, 0.2) is 0 Å². The Bertz CT molecular complexity index is 557. The summed E-state index contributed by atoms with van der Waals surface area (Å²) in [6.07, 6.45) is 0. The van der Waals surface area contributed by atoms with Crippen LogP contribution in [-0.4, -0.2) is 38.2 Å². The quantitative estimate of drug-likeness (QED) is 0.672. The number of hydrogen-bond acceptors (Lipinski definition) is 5. The largest absolute Gasteiger partial charge is 0.370 e. The average molecular weight is 286 g/mol. The minimum Gasteiger partial charge on any atom is -0.370 e. The smallest absolute Gasteiger partial charge is 0.251 e. The Morgan fingerprint density at radius 3 is 2.68 bits per heavy atom. The van der Waals surface area contributed by atoms with Crippen molar-refractivity contribution in [1.82, 2.24) is 10.3 Å². The van der Waals surface area contributed by atoms with E-state index in [9.17, 15) is 13.2 Å². The second kappa shape index (κ2) is 6.48. The van der Waals surface area contributed by atoms with Gasteiger partial charge in [-0.2, -0.15) is 0 Å². The van der Waals surface area contributed by atoms with Gasteiger partial charge in [-0.3, -0.25) is 4.79 Å². The van der Waals surface area contributed by atoms with Crippen molar-refractivity contribution in [3.05, 3.63) is 23.4 Å². The predicted molar refractivity (Wildman–Crippen MR) is 73.4 cm³/mol. The highest BCUT2D eigenvalue weighted by atomic mass is 32.2. The van der Waals surface area contributed by atoms with E-state index in [0.29, 0.717) is 23.6 Å². The van der Waals surface area contributed by atoms with Crippen molar-refractivity contribution in [2.45, 2.75) is 13.8 Å². The number of aromatic nitrogens is 1. The van der Waals surface area contributed by atoms with Gasteiger partial charge in [-0.25, -0.2) is 18.5 Å². The topological polar surface area (TPSA) is 114 Å². The fourth-order valence-electron chi connectivity index (χ4n) is 1.48. The van der Waals surface area contributed by atoms with Crippen molar-refractivity contribution in [2.24, 2.45) is 5.14 Å². The van der Waals surface area contributed by atoms with Crippen LogP contribution >= 0.6 is 0 Å². The maximum absolute atomic E-state index is 11.8. The highest BCUT2D eigenvalue weighted by Crippen LogP contribution is 2.09. The van der Waals surface area contributed by atoms with Crippen LogP contribution in [0.2, 0.25) is 0 Å². The third-order valence-electron chi connectivity index (χ3n) is 2.25. The van der Waals surface area contributed by atoms with Crippen LogP contribution in [0.4, 0.5) is 5.82 Å². The summed E-state index contributed by atoms with van der Waals surface area (Å²) < 4.78 is 21.5. The number of anilines is 1. The van der Waals surface area contributed by atoms with E-state index in [1.54, 1.807) is 19.1 Å². The van der Waals surface area contributed by atoms with Crippen molar-refractivity contribution < 1.29 is 13.2 Å². The molecule has 0 spiro atoms. The zero-order valence-electron chi connectivity index (χ0n) is 10.9. The fourth-order valence-corrected chi connectivity index (χ4v) is 1.87. The van der Waals surface area contributed by atoms with Crippen molar-refractivity contribution in [2.75, 3.05) is 24.2 Å². The Morgan fingerprint density at radius 2 is 2.11 bits per heavy atom. The number of aryl methyl sites for hydroxylation is 1. The maximum atomic E-state index is 11.8. The molecule has 8 heteroatoms. The van der Waals surface area contributed by atoms with Gasteiger partial charge in [-0.15, -0.1) is 0 Å². The Balaban J connectivity index is 2.71. The van der Waals surface area contributed by atoms with Crippen LogP contribution in [0.15, 0.2) is 12.1 Å². The molecule has 7 nitrogen and oxygen atoms in total. The molecular formula is C11H18N4O3S. The average Bonchev–Trinajstić information content (AvgIpc) is 2.26. The van der Waals surface area contributed by atoms with E-state index >= 15 is 0 Å². The molecule has 0 bridgehead atoms. The van der Waals surface area contributed by atoms with Crippen molar-refractivity contribution >= 4 is 21.7 Å². The van der Waals surface area contributed by atoms with Crippen molar-refractivity contribution in [1.29, 1.82) is 0 Å². The molecule has 0 atom stereocenters. The number of nitrogens with zero attached hydrogens (tertiary/aromatic N) is 1. The third kappa shape index (κ3) is 5.66. The number of nitrogens with one attached hydrogen (secondary N) is 2. The van der Waals surface area contributed by atoms with Crippen LogP contribution in [0, 0.1) is 6.92 Å². The van der Waals surface area contributed by atoms with Crippen LogP contribution in [0.1, 0.15) is 23.0 Å². The SMILES string of the molecule is CCNc1cc(C(=O)NCCS(N)(=O)=O)cc(C)n1. The van der Waals surface area contributed by atoms with Crippen LogP contribution in [0.25, 0.3) is 0 Å². The lowest BCUT2D eigenvalue weighted by molar-refractivity contribution is 0.0956. The maximum Gasteiger partial charge on any atom is 0.251 e. The zero-order valence-corrected chi connectivity index (χ0v) is 11.8. The van der Waals surface area contributed by atoms with Gasteiger partial charge in [0, 0.05) is 24.3 Å². The zero-order chi connectivity index (χ0) is 14.5. The molecule has 1 amide bonds. The number of nitrogens with two attached hydrogens (primary N) is 1. The van der Waals surface area contributed by atoms with Gasteiger partial charge in [-0.1, -0.05) is 0 Å². The second-order valence-electron chi connectivity index (χ2n) is 4.04. The van der Waals surface area contributed by atoms with E-state index in [4.69, 9.17) is 5.14 Å². The van der Waals surface area contributed by atoms with E-state index in [-0.39, 0.29) is 18.2 Å². The van der Waals surface area contributed by atoms with Gasteiger partial charge in [0.05, 0.1) is 5.75 Å². The first kappa shape index (κ1) is 15.4. The normalized spacial score (nSPS) is 11.1. The van der Waals surface area contributed by atoms with Crippen molar-refractivity contribution in [3.63, 3.8) is 0 Å². The van der Waals surface area contributed by atoms with Crippen LogP contribution < -0.4 is 15.8 Å². The van der Waals surface area contributed by atoms with Gasteiger partial charge in [-0.05, 0) is 26.0 Å². The second-order valence-corrected chi connectivity index (χ2v) is 5.77. The number of hydrogen-bond donors (Lipinski definition) is 3. The highest BCUT2D eigenvalue weighted by molar-refractivity contribution is 7.89. The predicted octanol–water partition coefficient (Wildman–Crippen LogP) is -0.160. The Morgan fingerprint density at radius 1 is 1.42 bits per heavy atom. The molecule has 0 aliphatic heterocycles. The molecule has 0 saturated carbocycles. The lowest BCUT2D eigenvalue weighted by Gasteiger charge is -2.08. The monoisotopic (exact) mass is 286 g/mol. The Kier molecular flexibility index (Phi) is 5.25. The Hall–Kier alpha value is -1.67. The standard InChI is InChI=1S/C11H18N4O3S/c1-3-13-10-7-9(6-8(2)15-10)11(16)14-4-5-19(12,17)18/h6-7H,3-5H2,1-2H3,(H,13,15)(H,14,16)(H2,12,17,18). The van der Waals surface area contributed by atoms with E-state index in [1.165, 1.54) is 0 Å². The van der Waals surface area contributed by atoms with Crippen LogP contribution in [-0.2, 0) is 10.0 Å². The lowest BCUT2D eigenvalue weighted by Crippen LogP contribution is -2.31. The highest BCUT2D eigenvalue weighted by Gasteiger charge is 2.09. The van der Waals surface area contributed by atoms with Gasteiger partial charge in [0.25, 0.3) is 5.91 Å². The number of amides is 1. The summed E-state index contributed by atoms with van der Waals surface area (Å²) in [6.45, 7) is 4.39. The molecule has 0 radical (unpaired) electrons. The molecule has 0 fully saturated rings. The molecule has 0 saturated heterocycles. The van der Waals surface area contributed by atoms with E-state index in [0.717, 1.165) is 0 Å². The molecule has 0 aliphatic carbocycles. The molecule has 19 heavy (non-hydrogen) atoms. The molecule has 0 aliphatic rings. The summed E-state index contributed by atoms with van der Waals surface area (Å²) in [4.78, 5) is 16.1. The molecular weight excluding hydrogens is 268 g/mol. The number of carbonyl (C=O) groups excluding carboxylic acids is 1. The summed E-state index contributed by atoms with van der Waals surface area (Å²) in [7, 11) is -3.57. The van der Waals surface area contributed by atoms with E-state index < -0.39 is 10.0 Å². The van der Waals surface area contributed by atoms with Gasteiger partial charge in [0.1, 0.15) is 5.82 Å². The van der Waals surface area contributed by atoms with Crippen molar-refractivity contribution in [3.8, 4) is 0 Å². The molecule has 106 valence electrons. The van der Waals surface area contributed by atoms with Crippen LogP contribution in [0.3, 0.4) is 0 Å². The number of sulfonamides is 1. The summed E-state index contributed by atoms with van der Waals surface area (Å²) >= 11 is 0. The minimum atomic E-state index is -3.57. The number of pyridine rings is 1. The third-order valence-corrected chi connectivity index (χ3v) is 3.02. The summed E-state index contributed by atoms with van der Waals surface area (Å²) in [5, 5.41) is 10.4. The lowest BCUT2D eigenvalue weighted by atomic mass is 10.2. The first-order valence-electron chi connectivity index (χ1n) is 5.83. The molecule has 1 rings (SSSR count). The van der Waals surface area contributed by atoms with E-state index in [2.05, 4.69) is 15.6 Å². The number of carbonyl (C=O) groups is 1. The number of rotatable bonds is 6. The molecule has 4 N–H and O–H groups in total. The van der Waals surface area contributed by atoms with Gasteiger partial charge < -0.3 is 10.6 Å². The van der Waals surface area contributed by atoms with Gasteiger partial charge >= 0.3 is 0 Å². The molecule has 0 unspecified atom stereocenters. The Labute approximate surface area is 112 Å². The number of primary sulfonamides is 1. The molecule has 1 aromatic rings. The van der Waals surface area contributed by atoms with Gasteiger partial charge in [0.2, 0.25) is 10.0 Å². The minimum absolute atomic E-state index is 0.0183. The fraction of sp³-hybridized carbons (Fsp3) is 0.455. The first-order chi connectivity index (χ1) is 8.81. The molecule has 1 heterocycles. The van der Waals surface area contributed by atoms with E-state index in [1.807, 2.05) is 6.92 Å². The molecule has 0 aromatic carbocycles. The molecule has 1 aromatic heterocycles. The first-order valence-corrected chi connectivity index (χ1v) is 7.54.